The fourth-order valence-corrected chi connectivity index (χ4v) is 6.03. The molecule has 0 radical (unpaired) electrons. The molecule has 0 aromatic carbocycles. The molecule has 0 heterocycles. The van der Waals surface area contributed by atoms with Crippen molar-refractivity contribution in [1.29, 1.82) is 0 Å². The van der Waals surface area contributed by atoms with Gasteiger partial charge in [-0.25, -0.2) is 0 Å². The summed E-state index contributed by atoms with van der Waals surface area (Å²) in [5.74, 6) is 3.25. The van der Waals surface area contributed by atoms with E-state index in [1.54, 1.807) is 0 Å². The summed E-state index contributed by atoms with van der Waals surface area (Å²) >= 11 is 0. The van der Waals surface area contributed by atoms with Crippen LogP contribution in [0.4, 0.5) is 0 Å². The Balaban J connectivity index is -0.000000305. The van der Waals surface area contributed by atoms with Crippen molar-refractivity contribution < 1.29 is 0 Å². The van der Waals surface area contributed by atoms with E-state index >= 15 is 0 Å². The molecule has 0 unspecified atom stereocenters. The molecule has 0 aliphatic rings. The van der Waals surface area contributed by atoms with Gasteiger partial charge in [-0.1, -0.05) is 159 Å². The molecular formula is C37H78N2S2. The fraction of sp³-hybridized carbons (Fsp3) is 0.838. The molecule has 0 saturated carbocycles. The number of nitrogens with zero attached hydrogens (tertiary/aromatic N) is 1. The lowest BCUT2D eigenvalue weighted by Gasteiger charge is -2.16. The van der Waals surface area contributed by atoms with Crippen LogP contribution in [0.15, 0.2) is 37.0 Å². The molecule has 0 aliphatic carbocycles. The molecular weight excluding hydrogens is 537 g/mol. The van der Waals surface area contributed by atoms with Gasteiger partial charge in [-0.15, -0.1) is 0 Å². The Hall–Kier alpha value is -0.160. The minimum absolute atomic E-state index is 0.864. The summed E-state index contributed by atoms with van der Waals surface area (Å²) in [6.45, 7) is 33.8. The molecule has 248 valence electrons. The molecule has 0 atom stereocenters. The standard InChI is InChI=1S/C19H34S2.C14H32N2.2C2H6/c1-5-7-8-9-10-11-13-19(4)14-12-16-20-21-17-15-18(3)6-2;1-5-10-15-11-8-13-16(4)12-7-6-9-14(2)3;2*1-2/h6H,2-5,7-17H2,1H3;14-15H,5-13H2,1-4H3;2*1-2H3. The molecule has 0 aromatic rings. The average Bonchev–Trinajstić information content (AvgIpc) is 2.98. The van der Waals surface area contributed by atoms with Gasteiger partial charge in [0.1, 0.15) is 0 Å². The van der Waals surface area contributed by atoms with Crippen molar-refractivity contribution in [1.82, 2.24) is 10.2 Å². The van der Waals surface area contributed by atoms with Crippen LogP contribution in [0, 0.1) is 5.92 Å². The summed E-state index contributed by atoms with van der Waals surface area (Å²) in [6.07, 6.45) is 21.6. The number of hydrogen-bond donors (Lipinski definition) is 1. The SMILES string of the molecule is C=CC(=C)CCSSCCCC(=C)CCCCCCCC.CC.CC.CCCNCCCN(C)CCCCC(C)C. The van der Waals surface area contributed by atoms with Gasteiger partial charge >= 0.3 is 0 Å². The second-order valence-electron chi connectivity index (χ2n) is 10.9. The summed E-state index contributed by atoms with van der Waals surface area (Å²) in [6, 6.07) is 0. The van der Waals surface area contributed by atoms with Gasteiger partial charge in [-0.05, 0) is 90.5 Å². The quantitative estimate of drug-likeness (QED) is 0.0428. The van der Waals surface area contributed by atoms with Gasteiger partial charge in [0.15, 0.2) is 0 Å². The van der Waals surface area contributed by atoms with Crippen molar-refractivity contribution in [2.24, 2.45) is 5.92 Å². The second-order valence-corrected chi connectivity index (χ2v) is 13.6. The number of hydrogen-bond acceptors (Lipinski definition) is 4. The van der Waals surface area contributed by atoms with E-state index in [1.807, 2.05) is 55.4 Å². The lowest BCUT2D eigenvalue weighted by molar-refractivity contribution is 0.315. The van der Waals surface area contributed by atoms with Crippen LogP contribution < -0.4 is 5.32 Å². The first-order valence-corrected chi connectivity index (χ1v) is 20.0. The lowest BCUT2D eigenvalue weighted by Crippen LogP contribution is -2.25. The normalized spacial score (nSPS) is 10.2. The summed E-state index contributed by atoms with van der Waals surface area (Å²) in [4.78, 5) is 2.47. The third kappa shape index (κ3) is 49.8. The van der Waals surface area contributed by atoms with Crippen molar-refractivity contribution in [2.45, 2.75) is 152 Å². The molecule has 0 rings (SSSR count). The van der Waals surface area contributed by atoms with E-state index in [-0.39, 0.29) is 0 Å². The minimum Gasteiger partial charge on any atom is -0.317 e. The molecule has 0 spiro atoms. The molecule has 0 bridgehead atoms. The number of allylic oxidation sites excluding steroid dienone is 3. The Morgan fingerprint density at radius 3 is 1.90 bits per heavy atom. The van der Waals surface area contributed by atoms with E-state index in [2.05, 4.69) is 64.7 Å². The summed E-state index contributed by atoms with van der Waals surface area (Å²) in [7, 11) is 6.19. The number of nitrogens with one attached hydrogen (secondary N) is 1. The lowest BCUT2D eigenvalue weighted by atomic mass is 10.0. The minimum atomic E-state index is 0.864. The van der Waals surface area contributed by atoms with Gasteiger partial charge in [0, 0.05) is 11.5 Å². The van der Waals surface area contributed by atoms with E-state index in [9.17, 15) is 0 Å². The summed E-state index contributed by atoms with van der Waals surface area (Å²) < 4.78 is 0. The van der Waals surface area contributed by atoms with Crippen LogP contribution in [0.5, 0.6) is 0 Å². The predicted molar refractivity (Wildman–Crippen MR) is 202 cm³/mol. The van der Waals surface area contributed by atoms with Crippen molar-refractivity contribution >= 4 is 21.6 Å². The van der Waals surface area contributed by atoms with Gasteiger partial charge in [0.25, 0.3) is 0 Å². The maximum Gasteiger partial charge on any atom is 0.00772 e. The predicted octanol–water partition coefficient (Wildman–Crippen LogP) is 12.8. The van der Waals surface area contributed by atoms with Crippen LogP contribution in [0.2, 0.25) is 0 Å². The maximum absolute atomic E-state index is 4.22. The molecule has 0 fully saturated rings. The Labute approximate surface area is 270 Å². The highest BCUT2D eigenvalue weighted by molar-refractivity contribution is 8.76. The summed E-state index contributed by atoms with van der Waals surface area (Å²) in [5.41, 5.74) is 2.60. The average molecular weight is 615 g/mol. The topological polar surface area (TPSA) is 15.3 Å². The molecule has 0 aliphatic heterocycles. The molecule has 1 N–H and O–H groups in total. The monoisotopic (exact) mass is 615 g/mol. The first-order chi connectivity index (χ1) is 19.9. The molecule has 41 heavy (non-hydrogen) atoms. The van der Waals surface area contributed by atoms with Gasteiger partial charge < -0.3 is 10.2 Å². The third-order valence-corrected chi connectivity index (χ3v) is 8.90. The fourth-order valence-electron chi connectivity index (χ4n) is 3.88. The molecule has 0 amide bonds. The van der Waals surface area contributed by atoms with Crippen LogP contribution >= 0.6 is 21.6 Å². The zero-order valence-electron chi connectivity index (χ0n) is 29.9. The largest absolute Gasteiger partial charge is 0.317 e. The van der Waals surface area contributed by atoms with Crippen LogP contribution in [0.1, 0.15) is 152 Å². The Morgan fingerprint density at radius 2 is 1.29 bits per heavy atom. The summed E-state index contributed by atoms with van der Waals surface area (Å²) in [5, 5.41) is 3.45. The van der Waals surface area contributed by atoms with Gasteiger partial charge in [0.05, 0.1) is 0 Å². The first-order valence-electron chi connectivity index (χ1n) is 17.5. The number of rotatable bonds is 27. The zero-order chi connectivity index (χ0) is 32.0. The van der Waals surface area contributed by atoms with Crippen LogP contribution in [-0.2, 0) is 0 Å². The van der Waals surface area contributed by atoms with E-state index in [0.29, 0.717) is 0 Å². The highest BCUT2D eigenvalue weighted by Crippen LogP contribution is 2.25. The van der Waals surface area contributed by atoms with Gasteiger partial charge in [-0.2, -0.15) is 0 Å². The van der Waals surface area contributed by atoms with E-state index in [4.69, 9.17) is 0 Å². The maximum atomic E-state index is 4.22. The van der Waals surface area contributed by atoms with Crippen LogP contribution in [0.25, 0.3) is 0 Å². The third-order valence-electron chi connectivity index (χ3n) is 6.41. The van der Waals surface area contributed by atoms with Crippen molar-refractivity contribution in [2.75, 3.05) is 44.7 Å². The Bertz CT molecular complexity index is 505. The smallest absolute Gasteiger partial charge is 0.00772 e. The molecule has 0 aromatic heterocycles. The zero-order valence-corrected chi connectivity index (χ0v) is 31.5. The highest BCUT2D eigenvalue weighted by atomic mass is 33.1. The van der Waals surface area contributed by atoms with Gasteiger partial charge in [-0.3, -0.25) is 0 Å². The Kier molecular flexibility index (Phi) is 51.6. The van der Waals surface area contributed by atoms with Crippen LogP contribution in [-0.4, -0.2) is 49.6 Å². The Morgan fingerprint density at radius 1 is 0.707 bits per heavy atom. The first kappa shape index (κ1) is 47.8. The molecule has 2 nitrogen and oxygen atoms in total. The highest BCUT2D eigenvalue weighted by Gasteiger charge is 2.00. The van der Waals surface area contributed by atoms with Crippen LogP contribution in [0.3, 0.4) is 0 Å². The van der Waals surface area contributed by atoms with E-state index in [1.165, 1.54) is 121 Å². The van der Waals surface area contributed by atoms with Gasteiger partial charge in [0.2, 0.25) is 0 Å². The van der Waals surface area contributed by atoms with Crippen molar-refractivity contribution in [3.05, 3.63) is 37.0 Å². The van der Waals surface area contributed by atoms with Crippen molar-refractivity contribution in [3.8, 4) is 0 Å². The van der Waals surface area contributed by atoms with E-state index in [0.717, 1.165) is 30.2 Å². The van der Waals surface area contributed by atoms with E-state index < -0.39 is 0 Å². The molecule has 4 heteroatoms. The number of unbranched alkanes of at least 4 members (excludes halogenated alkanes) is 6. The molecule has 0 saturated heterocycles. The van der Waals surface area contributed by atoms with Crippen molar-refractivity contribution in [3.63, 3.8) is 0 Å². The second kappa shape index (κ2) is 44.3.